The Hall–Kier alpha value is -1.39. The largest absolute Gasteiger partial charge is 0.352 e. The molecule has 1 amide bonds. The molecule has 0 spiro atoms. The number of hydrogen-bond acceptors (Lipinski definition) is 3. The van der Waals surface area contributed by atoms with E-state index in [2.05, 4.69) is 34.2 Å². The standard InChI is InChI=1S/C22H35N3O/c1-19-7-5-15-25(17-19)18-20-8-10-21(11-9-20)22(26)23-12-6-16-24-13-3-2-4-14-24/h8-11,19H,2-7,12-18H2,1H3,(H,23,26)/t19-/m1/s1. The van der Waals surface area contributed by atoms with Gasteiger partial charge < -0.3 is 10.2 Å². The first-order valence-electron chi connectivity index (χ1n) is 10.5. The van der Waals surface area contributed by atoms with E-state index in [4.69, 9.17) is 0 Å². The van der Waals surface area contributed by atoms with E-state index in [0.717, 1.165) is 37.5 Å². The van der Waals surface area contributed by atoms with Crippen LogP contribution >= 0.6 is 0 Å². The van der Waals surface area contributed by atoms with E-state index >= 15 is 0 Å². The van der Waals surface area contributed by atoms with Gasteiger partial charge in [0, 0.05) is 25.2 Å². The Kier molecular flexibility index (Phi) is 7.51. The normalized spacial score (nSPS) is 22.3. The van der Waals surface area contributed by atoms with Gasteiger partial charge in [0.05, 0.1) is 0 Å². The first kappa shape index (κ1) is 19.4. The molecule has 3 rings (SSSR count). The van der Waals surface area contributed by atoms with E-state index < -0.39 is 0 Å². The van der Waals surface area contributed by atoms with Crippen molar-refractivity contribution in [3.05, 3.63) is 35.4 Å². The van der Waals surface area contributed by atoms with E-state index in [9.17, 15) is 4.79 Å². The maximum Gasteiger partial charge on any atom is 0.251 e. The third kappa shape index (κ3) is 6.10. The van der Waals surface area contributed by atoms with Crippen LogP contribution in [-0.4, -0.2) is 55.0 Å². The molecule has 4 nitrogen and oxygen atoms in total. The molecule has 0 aliphatic carbocycles. The van der Waals surface area contributed by atoms with Gasteiger partial charge in [0.15, 0.2) is 0 Å². The molecular weight excluding hydrogens is 322 g/mol. The molecule has 26 heavy (non-hydrogen) atoms. The fourth-order valence-corrected chi connectivity index (χ4v) is 4.24. The van der Waals surface area contributed by atoms with E-state index in [1.165, 1.54) is 63.8 Å². The van der Waals surface area contributed by atoms with E-state index in [1.54, 1.807) is 0 Å². The zero-order valence-electron chi connectivity index (χ0n) is 16.4. The van der Waals surface area contributed by atoms with Gasteiger partial charge in [0.2, 0.25) is 0 Å². The molecule has 1 aromatic carbocycles. The number of hydrogen-bond donors (Lipinski definition) is 1. The van der Waals surface area contributed by atoms with Gasteiger partial charge in [-0.15, -0.1) is 0 Å². The molecule has 0 bridgehead atoms. The van der Waals surface area contributed by atoms with Crippen LogP contribution < -0.4 is 5.32 Å². The fourth-order valence-electron chi connectivity index (χ4n) is 4.24. The molecule has 0 radical (unpaired) electrons. The highest BCUT2D eigenvalue weighted by Gasteiger charge is 2.16. The number of nitrogens with zero attached hydrogens (tertiary/aromatic N) is 2. The second-order valence-corrected chi connectivity index (χ2v) is 8.19. The van der Waals surface area contributed by atoms with Crippen molar-refractivity contribution < 1.29 is 4.79 Å². The highest BCUT2D eigenvalue weighted by Crippen LogP contribution is 2.18. The highest BCUT2D eigenvalue weighted by molar-refractivity contribution is 5.94. The molecule has 1 N–H and O–H groups in total. The smallest absolute Gasteiger partial charge is 0.251 e. The molecule has 0 saturated carbocycles. The average Bonchev–Trinajstić information content (AvgIpc) is 2.66. The lowest BCUT2D eigenvalue weighted by Gasteiger charge is -2.30. The molecule has 0 aromatic heterocycles. The summed E-state index contributed by atoms with van der Waals surface area (Å²) in [4.78, 5) is 17.4. The van der Waals surface area contributed by atoms with Crippen molar-refractivity contribution in [1.29, 1.82) is 0 Å². The van der Waals surface area contributed by atoms with Crippen LogP contribution in [0.4, 0.5) is 0 Å². The molecule has 2 heterocycles. The molecule has 0 unspecified atom stereocenters. The van der Waals surface area contributed by atoms with Crippen LogP contribution in [0.25, 0.3) is 0 Å². The van der Waals surface area contributed by atoms with Gasteiger partial charge in [0.1, 0.15) is 0 Å². The minimum absolute atomic E-state index is 0.0572. The topological polar surface area (TPSA) is 35.6 Å². The molecule has 4 heteroatoms. The zero-order chi connectivity index (χ0) is 18.2. The maximum atomic E-state index is 12.3. The van der Waals surface area contributed by atoms with E-state index in [0.29, 0.717) is 0 Å². The van der Waals surface area contributed by atoms with Crippen LogP contribution in [0.3, 0.4) is 0 Å². The molecule has 2 aliphatic rings. The Labute approximate surface area is 158 Å². The van der Waals surface area contributed by atoms with Crippen molar-refractivity contribution in [2.24, 2.45) is 5.92 Å². The van der Waals surface area contributed by atoms with Gasteiger partial charge in [-0.2, -0.15) is 0 Å². The summed E-state index contributed by atoms with van der Waals surface area (Å²) in [5.41, 5.74) is 2.08. The Bertz CT molecular complexity index is 551. The third-order valence-corrected chi connectivity index (χ3v) is 5.75. The summed E-state index contributed by atoms with van der Waals surface area (Å²) in [6.07, 6.45) is 7.73. The second kappa shape index (κ2) is 10.1. The van der Waals surface area contributed by atoms with Gasteiger partial charge in [-0.1, -0.05) is 25.5 Å². The lowest BCUT2D eigenvalue weighted by Crippen LogP contribution is -2.33. The van der Waals surface area contributed by atoms with Crippen LogP contribution in [-0.2, 0) is 6.54 Å². The van der Waals surface area contributed by atoms with Crippen molar-refractivity contribution in [3.8, 4) is 0 Å². The SMILES string of the molecule is C[C@@H]1CCCN(Cc2ccc(C(=O)NCCCN3CCCCC3)cc2)C1. The number of nitrogens with one attached hydrogen (secondary N) is 1. The molecule has 144 valence electrons. The summed E-state index contributed by atoms with van der Waals surface area (Å²) >= 11 is 0. The first-order valence-corrected chi connectivity index (χ1v) is 10.5. The van der Waals surface area contributed by atoms with Crippen LogP contribution in [0.15, 0.2) is 24.3 Å². The summed E-state index contributed by atoms with van der Waals surface area (Å²) in [5, 5.41) is 3.07. The summed E-state index contributed by atoms with van der Waals surface area (Å²) < 4.78 is 0. The van der Waals surface area contributed by atoms with Gasteiger partial charge >= 0.3 is 0 Å². The van der Waals surface area contributed by atoms with Crippen molar-refractivity contribution in [2.45, 2.75) is 52.0 Å². The first-order chi connectivity index (χ1) is 12.7. The average molecular weight is 358 g/mol. The molecule has 1 aromatic rings. The minimum atomic E-state index is 0.0572. The summed E-state index contributed by atoms with van der Waals surface area (Å²) in [6, 6.07) is 8.18. The number of rotatable bonds is 7. The Morgan fingerprint density at radius 1 is 1.04 bits per heavy atom. The second-order valence-electron chi connectivity index (χ2n) is 8.19. The quantitative estimate of drug-likeness (QED) is 0.759. The summed E-state index contributed by atoms with van der Waals surface area (Å²) in [7, 11) is 0. The molecule has 1 atom stereocenters. The fraction of sp³-hybridized carbons (Fsp3) is 0.682. The molecule has 2 saturated heterocycles. The van der Waals surface area contributed by atoms with Gasteiger partial charge in [-0.3, -0.25) is 9.69 Å². The summed E-state index contributed by atoms with van der Waals surface area (Å²) in [5.74, 6) is 0.862. The third-order valence-electron chi connectivity index (χ3n) is 5.75. The number of amides is 1. The summed E-state index contributed by atoms with van der Waals surface area (Å²) in [6.45, 7) is 10.1. The minimum Gasteiger partial charge on any atom is -0.352 e. The monoisotopic (exact) mass is 357 g/mol. The van der Waals surface area contributed by atoms with Crippen LogP contribution in [0, 0.1) is 5.92 Å². The molecular formula is C22H35N3O. The number of benzene rings is 1. The van der Waals surface area contributed by atoms with Crippen molar-refractivity contribution in [2.75, 3.05) is 39.3 Å². The number of piperidine rings is 2. The van der Waals surface area contributed by atoms with Crippen LogP contribution in [0.2, 0.25) is 0 Å². The molecule has 2 fully saturated rings. The Morgan fingerprint density at radius 3 is 2.50 bits per heavy atom. The number of likely N-dealkylation sites (tertiary alicyclic amines) is 2. The van der Waals surface area contributed by atoms with Crippen LogP contribution in [0.1, 0.15) is 61.4 Å². The van der Waals surface area contributed by atoms with Crippen LogP contribution in [0.5, 0.6) is 0 Å². The molecule has 2 aliphatic heterocycles. The predicted octanol–water partition coefficient (Wildman–Crippen LogP) is 3.52. The van der Waals surface area contributed by atoms with Crippen molar-refractivity contribution in [1.82, 2.24) is 15.1 Å². The Morgan fingerprint density at radius 2 is 1.77 bits per heavy atom. The predicted molar refractivity (Wildman–Crippen MR) is 107 cm³/mol. The lowest BCUT2D eigenvalue weighted by atomic mass is 9.99. The van der Waals surface area contributed by atoms with Crippen molar-refractivity contribution >= 4 is 5.91 Å². The highest BCUT2D eigenvalue weighted by atomic mass is 16.1. The van der Waals surface area contributed by atoms with Gasteiger partial charge in [-0.25, -0.2) is 0 Å². The van der Waals surface area contributed by atoms with Crippen molar-refractivity contribution in [3.63, 3.8) is 0 Å². The zero-order valence-corrected chi connectivity index (χ0v) is 16.4. The van der Waals surface area contributed by atoms with E-state index in [-0.39, 0.29) is 5.91 Å². The van der Waals surface area contributed by atoms with Gasteiger partial charge in [-0.05, 0) is 81.9 Å². The number of carbonyl (C=O) groups excluding carboxylic acids is 1. The van der Waals surface area contributed by atoms with E-state index in [1.807, 2.05) is 12.1 Å². The van der Waals surface area contributed by atoms with Gasteiger partial charge in [0.25, 0.3) is 5.91 Å². The Balaban J connectivity index is 1.37. The number of carbonyl (C=O) groups is 1. The lowest BCUT2D eigenvalue weighted by molar-refractivity contribution is 0.0951. The maximum absolute atomic E-state index is 12.3.